The predicted octanol–water partition coefficient (Wildman–Crippen LogP) is 1.68. The summed E-state index contributed by atoms with van der Waals surface area (Å²) in [6.45, 7) is 1.95. The maximum atomic E-state index is 11.8. The smallest absolute Gasteiger partial charge is 0.250 e. The monoisotopic (exact) mass is 203 g/mol. The molecule has 1 aromatic rings. The summed E-state index contributed by atoms with van der Waals surface area (Å²) in [7, 11) is 0. The van der Waals surface area contributed by atoms with Crippen LogP contribution in [0.5, 0.6) is 0 Å². The van der Waals surface area contributed by atoms with Gasteiger partial charge in [-0.25, -0.2) is 4.98 Å². The highest BCUT2D eigenvalue weighted by molar-refractivity contribution is 6.05. The number of anilines is 2. The van der Waals surface area contributed by atoms with E-state index in [0.29, 0.717) is 0 Å². The first-order valence-corrected chi connectivity index (χ1v) is 5.27. The summed E-state index contributed by atoms with van der Waals surface area (Å²) in [4.78, 5) is 16.2. The molecule has 2 aliphatic rings. The van der Waals surface area contributed by atoms with Crippen molar-refractivity contribution in [3.63, 3.8) is 0 Å². The van der Waals surface area contributed by atoms with E-state index in [1.165, 1.54) is 0 Å². The van der Waals surface area contributed by atoms with Crippen LogP contribution in [0.2, 0.25) is 0 Å². The molecule has 1 amide bonds. The normalized spacial score (nSPS) is 21.3. The van der Waals surface area contributed by atoms with Crippen LogP contribution in [0.25, 0.3) is 0 Å². The zero-order valence-electron chi connectivity index (χ0n) is 8.63. The highest BCUT2D eigenvalue weighted by Crippen LogP contribution is 2.40. The minimum absolute atomic E-state index is 0.0897. The molecule has 0 saturated heterocycles. The highest BCUT2D eigenvalue weighted by Gasteiger charge is 2.47. The van der Waals surface area contributed by atoms with Gasteiger partial charge in [0, 0.05) is 5.69 Å². The molecule has 2 N–H and O–H groups in total. The summed E-state index contributed by atoms with van der Waals surface area (Å²) in [5, 5.41) is 6.19. The third-order valence-electron chi connectivity index (χ3n) is 3.28. The first-order valence-electron chi connectivity index (χ1n) is 5.27. The summed E-state index contributed by atoms with van der Waals surface area (Å²) < 4.78 is 0. The average Bonchev–Trinajstić information content (AvgIpc) is 2.15. The summed E-state index contributed by atoms with van der Waals surface area (Å²) in [6, 6.07) is 3.80. The Bertz CT molecular complexity index is 437. The van der Waals surface area contributed by atoms with Crippen LogP contribution < -0.4 is 10.6 Å². The van der Waals surface area contributed by atoms with Crippen molar-refractivity contribution >= 4 is 17.4 Å². The molecule has 0 bridgehead atoms. The summed E-state index contributed by atoms with van der Waals surface area (Å²) in [6.07, 6.45) is 2.93. The van der Waals surface area contributed by atoms with Gasteiger partial charge in [0.1, 0.15) is 5.54 Å². The summed E-state index contributed by atoms with van der Waals surface area (Å²) in [5.41, 5.74) is 1.39. The second-order valence-corrected chi connectivity index (χ2v) is 4.36. The minimum Gasteiger partial charge on any atom is -0.354 e. The largest absolute Gasteiger partial charge is 0.354 e. The number of amides is 1. The molecule has 1 aliphatic carbocycles. The van der Waals surface area contributed by atoms with E-state index in [1.54, 1.807) is 0 Å². The number of carbonyl (C=O) groups excluding carboxylic acids is 1. The lowest BCUT2D eigenvalue weighted by molar-refractivity contribution is -0.123. The third-order valence-corrected chi connectivity index (χ3v) is 3.28. The van der Waals surface area contributed by atoms with Crippen molar-refractivity contribution in [1.29, 1.82) is 0 Å². The Morgan fingerprint density at radius 1 is 1.40 bits per heavy atom. The van der Waals surface area contributed by atoms with Crippen LogP contribution in [0.1, 0.15) is 25.0 Å². The van der Waals surface area contributed by atoms with Gasteiger partial charge in [-0.1, -0.05) is 0 Å². The Kier molecular flexibility index (Phi) is 1.58. The van der Waals surface area contributed by atoms with E-state index in [4.69, 9.17) is 0 Å². The molecular weight excluding hydrogens is 190 g/mol. The molecule has 4 nitrogen and oxygen atoms in total. The molecule has 1 aliphatic heterocycles. The number of carbonyl (C=O) groups is 1. The second-order valence-electron chi connectivity index (χ2n) is 4.36. The van der Waals surface area contributed by atoms with Crippen LogP contribution in [-0.2, 0) is 4.79 Å². The van der Waals surface area contributed by atoms with Gasteiger partial charge in [-0.15, -0.1) is 0 Å². The molecule has 1 fully saturated rings. The zero-order chi connectivity index (χ0) is 10.5. The zero-order valence-corrected chi connectivity index (χ0v) is 8.63. The van der Waals surface area contributed by atoms with Crippen molar-refractivity contribution in [1.82, 2.24) is 4.98 Å². The fraction of sp³-hybridized carbons (Fsp3) is 0.455. The molecule has 15 heavy (non-hydrogen) atoms. The van der Waals surface area contributed by atoms with E-state index in [2.05, 4.69) is 15.6 Å². The van der Waals surface area contributed by atoms with Gasteiger partial charge in [0.15, 0.2) is 5.82 Å². The Morgan fingerprint density at radius 2 is 2.20 bits per heavy atom. The van der Waals surface area contributed by atoms with E-state index in [9.17, 15) is 4.79 Å². The molecule has 4 heteroatoms. The molecule has 1 spiro atoms. The number of aromatic nitrogens is 1. The molecule has 78 valence electrons. The summed E-state index contributed by atoms with van der Waals surface area (Å²) >= 11 is 0. The Balaban J connectivity index is 2.03. The molecular formula is C11H13N3O. The molecule has 3 rings (SSSR count). The lowest BCUT2D eigenvalue weighted by Crippen LogP contribution is -2.57. The number of nitrogens with zero attached hydrogens (tertiary/aromatic N) is 1. The molecule has 1 saturated carbocycles. The SMILES string of the molecule is Cc1ccc2c(n1)NC1(CCC1)C(=O)N2. The van der Waals surface area contributed by atoms with Crippen LogP contribution in [0.15, 0.2) is 12.1 Å². The lowest BCUT2D eigenvalue weighted by Gasteiger charge is -2.44. The van der Waals surface area contributed by atoms with Gasteiger partial charge in [-0.3, -0.25) is 4.79 Å². The van der Waals surface area contributed by atoms with Gasteiger partial charge in [-0.05, 0) is 38.3 Å². The molecule has 0 aromatic carbocycles. The topological polar surface area (TPSA) is 54.0 Å². The molecule has 0 atom stereocenters. The number of pyridine rings is 1. The average molecular weight is 203 g/mol. The maximum absolute atomic E-state index is 11.8. The fourth-order valence-corrected chi connectivity index (χ4v) is 2.16. The van der Waals surface area contributed by atoms with E-state index >= 15 is 0 Å². The van der Waals surface area contributed by atoms with Gasteiger partial charge in [-0.2, -0.15) is 0 Å². The van der Waals surface area contributed by atoms with Crippen molar-refractivity contribution in [3.8, 4) is 0 Å². The van der Waals surface area contributed by atoms with Crippen molar-refractivity contribution in [2.45, 2.75) is 31.7 Å². The quantitative estimate of drug-likeness (QED) is 0.674. The fourth-order valence-electron chi connectivity index (χ4n) is 2.16. The Labute approximate surface area is 88.1 Å². The van der Waals surface area contributed by atoms with E-state index < -0.39 is 0 Å². The molecule has 1 aromatic heterocycles. The van der Waals surface area contributed by atoms with Gasteiger partial charge in [0.05, 0.1) is 5.69 Å². The Morgan fingerprint density at radius 3 is 2.87 bits per heavy atom. The van der Waals surface area contributed by atoms with Crippen LogP contribution in [0, 0.1) is 6.92 Å². The van der Waals surface area contributed by atoms with E-state index in [-0.39, 0.29) is 11.4 Å². The second kappa shape index (κ2) is 2.72. The predicted molar refractivity (Wildman–Crippen MR) is 57.8 cm³/mol. The summed E-state index contributed by atoms with van der Waals surface area (Å²) in [5.74, 6) is 0.904. The van der Waals surface area contributed by atoms with Gasteiger partial charge in [0.25, 0.3) is 0 Å². The first kappa shape index (κ1) is 8.71. The van der Waals surface area contributed by atoms with Crippen molar-refractivity contribution in [2.75, 3.05) is 10.6 Å². The number of nitrogens with one attached hydrogen (secondary N) is 2. The van der Waals surface area contributed by atoms with Gasteiger partial charge in [0.2, 0.25) is 5.91 Å². The molecule has 2 heterocycles. The number of aryl methyl sites for hydroxylation is 1. The standard InChI is InChI=1S/C11H13N3O/c1-7-3-4-8-9(12-7)14-11(5-2-6-11)10(15)13-8/h3-4H,2,5-6H2,1H3,(H,12,14)(H,13,15). The van der Waals surface area contributed by atoms with Crippen LogP contribution >= 0.6 is 0 Å². The van der Waals surface area contributed by atoms with Crippen molar-refractivity contribution in [2.24, 2.45) is 0 Å². The maximum Gasteiger partial charge on any atom is 0.250 e. The van der Waals surface area contributed by atoms with Crippen molar-refractivity contribution < 1.29 is 4.79 Å². The Hall–Kier alpha value is -1.58. The van der Waals surface area contributed by atoms with E-state index in [1.807, 2.05) is 19.1 Å². The van der Waals surface area contributed by atoms with Gasteiger partial charge >= 0.3 is 0 Å². The molecule has 0 unspecified atom stereocenters. The molecule has 0 radical (unpaired) electrons. The van der Waals surface area contributed by atoms with Gasteiger partial charge < -0.3 is 10.6 Å². The third kappa shape index (κ3) is 1.14. The minimum atomic E-state index is -0.367. The van der Waals surface area contributed by atoms with Crippen molar-refractivity contribution in [3.05, 3.63) is 17.8 Å². The van der Waals surface area contributed by atoms with E-state index in [0.717, 1.165) is 36.5 Å². The first-order chi connectivity index (χ1) is 7.20. The van der Waals surface area contributed by atoms with Crippen LogP contribution in [-0.4, -0.2) is 16.4 Å². The number of fused-ring (bicyclic) bond motifs is 1. The number of rotatable bonds is 0. The number of hydrogen-bond acceptors (Lipinski definition) is 3. The lowest BCUT2D eigenvalue weighted by atomic mass is 9.75. The van der Waals surface area contributed by atoms with Crippen LogP contribution in [0.4, 0.5) is 11.5 Å². The number of hydrogen-bond donors (Lipinski definition) is 2. The van der Waals surface area contributed by atoms with Crippen LogP contribution in [0.3, 0.4) is 0 Å². The highest BCUT2D eigenvalue weighted by atomic mass is 16.2.